The van der Waals surface area contributed by atoms with Crippen molar-refractivity contribution in [1.82, 2.24) is 19.5 Å². The number of nitrogens with zero attached hydrogens (tertiary/aromatic N) is 4. The predicted octanol–water partition coefficient (Wildman–Crippen LogP) is 12.3. The van der Waals surface area contributed by atoms with Gasteiger partial charge in [0.2, 0.25) is 0 Å². The number of aromatic nitrogens is 4. The van der Waals surface area contributed by atoms with Crippen molar-refractivity contribution in [2.45, 2.75) is 37.4 Å². The smallest absolute Gasteiger partial charge is 0.256 e. The molecule has 0 atom stereocenters. The molecule has 0 unspecified atom stereocenters. The first kappa shape index (κ1) is 50.4. The monoisotopic (exact) mass is 985 g/mol. The van der Waals surface area contributed by atoms with Crippen molar-refractivity contribution < 1.29 is 33.2 Å². The van der Waals surface area contributed by atoms with Crippen LogP contribution in [-0.4, -0.2) is 67.1 Å². The Balaban J connectivity index is 1.20. The van der Waals surface area contributed by atoms with Crippen LogP contribution >= 0.6 is 0 Å². The van der Waals surface area contributed by atoms with Crippen LogP contribution in [0.3, 0.4) is 0 Å². The number of fused-ring (bicyclic) bond motifs is 1. The van der Waals surface area contributed by atoms with Crippen LogP contribution in [0.15, 0.2) is 200 Å². The highest BCUT2D eigenvalue weighted by Gasteiger charge is 2.41. The van der Waals surface area contributed by atoms with Gasteiger partial charge in [0.15, 0.2) is 17.0 Å². The predicted molar refractivity (Wildman–Crippen MR) is 289 cm³/mol. The van der Waals surface area contributed by atoms with Crippen LogP contribution in [0, 0.1) is 0 Å². The molecule has 0 aliphatic rings. The Kier molecular flexibility index (Phi) is 15.0. The molecule has 0 spiro atoms. The van der Waals surface area contributed by atoms with E-state index in [1.807, 2.05) is 168 Å². The first-order valence-electron chi connectivity index (χ1n) is 24.2. The minimum absolute atomic E-state index is 0.0297. The second-order valence-corrected chi connectivity index (χ2v) is 18.7. The third-order valence-electron chi connectivity index (χ3n) is 13.2. The maximum absolute atomic E-state index is 13.7. The molecule has 0 radical (unpaired) electrons. The third kappa shape index (κ3) is 10.4. The molecule has 0 aliphatic carbocycles. The summed E-state index contributed by atoms with van der Waals surface area (Å²) >= 11 is 0. The van der Waals surface area contributed by atoms with Gasteiger partial charge in [-0.05, 0) is 111 Å². The quantitative estimate of drug-likeness (QED) is 0.0782. The Morgan fingerprint density at radius 1 is 0.486 bits per heavy atom. The summed E-state index contributed by atoms with van der Waals surface area (Å²) < 4.78 is 39.5. The zero-order valence-electron chi connectivity index (χ0n) is 42.6. The van der Waals surface area contributed by atoms with Crippen LogP contribution in [0.5, 0.6) is 23.0 Å². The standard InChI is InChI=1S/C62H59N5O7/c1-60(2,3)45-20-18-44(19-21-45)59(68)66-57-56-58(64-41-63-57)67(42-65-56)38-43(39-73-61(46-14-10-8-11-15-46,48-22-30-52(69-4)31-23-48)49-24-32-53(70-5)33-25-49)40-74-62(47-16-12-9-13-17-47,50-26-34-54(71-6)35-27-50)51-28-36-55(72-7)37-29-51/h8-38,41-42H,39-40H2,1-7H3,(H,63,64,66,68). The molecule has 12 heteroatoms. The summed E-state index contributed by atoms with van der Waals surface area (Å²) in [6.07, 6.45) is 5.00. The molecule has 1 amide bonds. The number of hydrogen-bond donors (Lipinski definition) is 1. The lowest BCUT2D eigenvalue weighted by atomic mass is 9.79. The Morgan fingerprint density at radius 2 is 0.865 bits per heavy atom. The molecule has 2 heterocycles. The third-order valence-corrected chi connectivity index (χ3v) is 13.2. The number of ether oxygens (including phenoxy) is 6. The number of rotatable bonds is 19. The normalized spacial score (nSPS) is 11.7. The number of nitrogens with one attached hydrogen (secondary N) is 1. The maximum atomic E-state index is 13.7. The Labute approximate surface area is 432 Å². The fourth-order valence-electron chi connectivity index (χ4n) is 9.20. The van der Waals surface area contributed by atoms with E-state index >= 15 is 0 Å². The van der Waals surface area contributed by atoms with Gasteiger partial charge in [-0.2, -0.15) is 0 Å². The number of methoxy groups -OCH3 is 4. The van der Waals surface area contributed by atoms with Gasteiger partial charge >= 0.3 is 0 Å². The Bertz CT molecular complexity index is 3070. The van der Waals surface area contributed by atoms with Crippen molar-refractivity contribution in [1.29, 1.82) is 0 Å². The molecule has 0 saturated carbocycles. The Morgan fingerprint density at radius 3 is 1.24 bits per heavy atom. The van der Waals surface area contributed by atoms with Crippen LogP contribution in [0.2, 0.25) is 0 Å². The highest BCUT2D eigenvalue weighted by molar-refractivity contribution is 6.06. The number of anilines is 1. The highest BCUT2D eigenvalue weighted by atomic mass is 16.5. The van der Waals surface area contributed by atoms with Crippen molar-refractivity contribution in [3.8, 4) is 23.0 Å². The molecule has 0 saturated heterocycles. The van der Waals surface area contributed by atoms with Crippen molar-refractivity contribution in [3.05, 3.63) is 245 Å². The van der Waals surface area contributed by atoms with E-state index in [4.69, 9.17) is 38.4 Å². The largest absolute Gasteiger partial charge is 0.497 e. The lowest BCUT2D eigenvalue weighted by Gasteiger charge is -2.38. The average Bonchev–Trinajstić information content (AvgIpc) is 3.87. The van der Waals surface area contributed by atoms with Crippen LogP contribution in [0.1, 0.15) is 70.1 Å². The van der Waals surface area contributed by atoms with Crippen LogP contribution in [0.25, 0.3) is 17.4 Å². The second-order valence-electron chi connectivity index (χ2n) is 18.7. The second kappa shape index (κ2) is 22.0. The molecule has 1 N–H and O–H groups in total. The van der Waals surface area contributed by atoms with Crippen LogP contribution in [0.4, 0.5) is 5.82 Å². The first-order valence-corrected chi connectivity index (χ1v) is 24.2. The van der Waals surface area contributed by atoms with Crippen molar-refractivity contribution in [2.75, 3.05) is 47.0 Å². The van der Waals surface area contributed by atoms with Gasteiger partial charge in [-0.25, -0.2) is 15.0 Å². The fourth-order valence-corrected chi connectivity index (χ4v) is 9.20. The van der Waals surface area contributed by atoms with Crippen LogP contribution in [-0.2, 0) is 26.1 Å². The number of carbonyl (C=O) groups excluding carboxylic acids is 1. The number of carbonyl (C=O) groups is 1. The SMILES string of the molecule is COc1ccc(C(OCC(=Cn2cnc3c(NC(=O)c4ccc(C(C)(C)C)cc4)ncnc32)COC(c2ccccc2)(c2ccc(OC)cc2)c2ccc(OC)cc2)(c2ccccc2)c2ccc(OC)cc2)cc1. The summed E-state index contributed by atoms with van der Waals surface area (Å²) in [6.45, 7) is 6.47. The number of amides is 1. The van der Waals surface area contributed by atoms with Gasteiger partial charge in [0.05, 0.1) is 41.7 Å². The molecular formula is C62H59N5O7. The Hall–Kier alpha value is -8.58. The van der Waals surface area contributed by atoms with Gasteiger partial charge in [-0.3, -0.25) is 9.36 Å². The molecule has 0 aliphatic heterocycles. The molecule has 374 valence electrons. The fraction of sp³-hybridized carbons (Fsp3) is 0.194. The van der Waals surface area contributed by atoms with E-state index < -0.39 is 11.2 Å². The van der Waals surface area contributed by atoms with E-state index in [-0.39, 0.29) is 30.4 Å². The van der Waals surface area contributed by atoms with Crippen molar-refractivity contribution >= 4 is 29.1 Å². The summed E-state index contributed by atoms with van der Waals surface area (Å²) in [7, 11) is 6.60. The molecule has 0 fully saturated rings. The lowest BCUT2D eigenvalue weighted by molar-refractivity contribution is 0.0000692. The maximum Gasteiger partial charge on any atom is 0.256 e. The average molecular weight is 986 g/mol. The number of imidazole rings is 1. The van der Waals surface area contributed by atoms with E-state index in [1.54, 1.807) is 34.8 Å². The van der Waals surface area contributed by atoms with E-state index in [2.05, 4.69) is 55.3 Å². The molecule has 2 aromatic heterocycles. The van der Waals surface area contributed by atoms with Crippen molar-refractivity contribution in [2.24, 2.45) is 0 Å². The van der Waals surface area contributed by atoms with E-state index in [0.29, 0.717) is 45.3 Å². The lowest BCUT2D eigenvalue weighted by Crippen LogP contribution is -2.36. The molecule has 74 heavy (non-hydrogen) atoms. The minimum atomic E-state index is -1.18. The topological polar surface area (TPSA) is 128 Å². The van der Waals surface area contributed by atoms with Crippen molar-refractivity contribution in [3.63, 3.8) is 0 Å². The first-order chi connectivity index (χ1) is 36.0. The summed E-state index contributed by atoms with van der Waals surface area (Å²) in [5, 5.41) is 2.99. The van der Waals surface area contributed by atoms with Gasteiger partial charge in [0.25, 0.3) is 5.91 Å². The van der Waals surface area contributed by atoms with E-state index in [1.165, 1.54) is 6.33 Å². The summed E-state index contributed by atoms with van der Waals surface area (Å²) in [6, 6.07) is 59.6. The van der Waals surface area contributed by atoms with Crippen LogP contribution < -0.4 is 24.3 Å². The molecular weight excluding hydrogens is 927 g/mol. The number of hydrogen-bond acceptors (Lipinski definition) is 10. The molecule has 9 aromatic rings. The number of benzene rings is 7. The zero-order chi connectivity index (χ0) is 51.7. The zero-order valence-corrected chi connectivity index (χ0v) is 42.6. The summed E-state index contributed by atoms with van der Waals surface area (Å²) in [4.78, 5) is 27.7. The highest BCUT2D eigenvalue weighted by Crippen LogP contribution is 2.44. The van der Waals surface area contributed by atoms with Gasteiger partial charge in [0.1, 0.15) is 46.9 Å². The van der Waals surface area contributed by atoms with Gasteiger partial charge in [0, 0.05) is 11.8 Å². The molecule has 0 bridgehead atoms. The molecule has 12 nitrogen and oxygen atoms in total. The molecule has 9 rings (SSSR count). The summed E-state index contributed by atoms with van der Waals surface area (Å²) in [5.74, 6) is 2.77. The van der Waals surface area contributed by atoms with E-state index in [0.717, 1.165) is 38.9 Å². The summed E-state index contributed by atoms with van der Waals surface area (Å²) in [5.41, 5.74) is 5.97. The van der Waals surface area contributed by atoms with Gasteiger partial charge in [-0.15, -0.1) is 0 Å². The molecule has 7 aromatic carbocycles. The van der Waals surface area contributed by atoms with E-state index in [9.17, 15) is 4.79 Å². The minimum Gasteiger partial charge on any atom is -0.497 e. The van der Waals surface area contributed by atoms with Gasteiger partial charge in [-0.1, -0.05) is 142 Å². The van der Waals surface area contributed by atoms with Gasteiger partial charge < -0.3 is 33.7 Å².